The topological polar surface area (TPSA) is 58.6 Å². The summed E-state index contributed by atoms with van der Waals surface area (Å²) in [5, 5.41) is 3.05. The number of rotatable bonds is 6. The van der Waals surface area contributed by atoms with Gasteiger partial charge in [0, 0.05) is 25.1 Å². The van der Waals surface area contributed by atoms with Gasteiger partial charge in [-0.1, -0.05) is 48.5 Å². The molecule has 5 heteroatoms. The van der Waals surface area contributed by atoms with Gasteiger partial charge < -0.3 is 15.0 Å². The maximum absolute atomic E-state index is 13.0. The Balaban J connectivity index is 1.86. The van der Waals surface area contributed by atoms with Crippen molar-refractivity contribution in [1.29, 1.82) is 0 Å². The minimum atomic E-state index is -0.317. The molecule has 3 rings (SSSR count). The number of amides is 2. The van der Waals surface area contributed by atoms with Crippen LogP contribution in [0.1, 0.15) is 36.9 Å². The highest BCUT2D eigenvalue weighted by Crippen LogP contribution is 2.40. The second kappa shape index (κ2) is 8.71. The van der Waals surface area contributed by atoms with Gasteiger partial charge in [-0.25, -0.2) is 0 Å². The van der Waals surface area contributed by atoms with Crippen LogP contribution in [-0.2, 0) is 16.1 Å². The number of nitrogens with zero attached hydrogens (tertiary/aromatic N) is 1. The third kappa shape index (κ3) is 4.13. The van der Waals surface area contributed by atoms with E-state index in [4.69, 9.17) is 4.74 Å². The smallest absolute Gasteiger partial charge is 0.225 e. The van der Waals surface area contributed by atoms with Crippen LogP contribution in [0.3, 0.4) is 0 Å². The van der Waals surface area contributed by atoms with Gasteiger partial charge in [0.25, 0.3) is 0 Å². The zero-order valence-electron chi connectivity index (χ0n) is 15.9. The summed E-state index contributed by atoms with van der Waals surface area (Å²) in [7, 11) is 1.62. The number of carbonyl (C=O) groups is 2. The van der Waals surface area contributed by atoms with Crippen LogP contribution in [0, 0.1) is 5.92 Å². The SMILES string of the molecule is CCN1C(=O)CC[C@@H](C(=O)NCc2ccccc2)[C@@H]1c1ccccc1OC. The molecule has 0 aromatic heterocycles. The van der Waals surface area contributed by atoms with Gasteiger partial charge in [0.05, 0.1) is 19.1 Å². The van der Waals surface area contributed by atoms with E-state index in [0.717, 1.165) is 11.1 Å². The number of para-hydroxylation sites is 1. The van der Waals surface area contributed by atoms with Crippen molar-refractivity contribution < 1.29 is 14.3 Å². The van der Waals surface area contributed by atoms with E-state index < -0.39 is 0 Å². The number of hydrogen-bond acceptors (Lipinski definition) is 3. The fraction of sp³-hybridized carbons (Fsp3) is 0.364. The molecule has 2 amide bonds. The second-order valence-electron chi connectivity index (χ2n) is 6.72. The number of piperidine rings is 1. The molecule has 1 fully saturated rings. The number of likely N-dealkylation sites (tertiary alicyclic amines) is 1. The number of ether oxygens (including phenoxy) is 1. The molecule has 1 heterocycles. The molecule has 1 aliphatic heterocycles. The minimum absolute atomic E-state index is 0.0271. The van der Waals surface area contributed by atoms with Crippen LogP contribution in [0.4, 0.5) is 0 Å². The van der Waals surface area contributed by atoms with Gasteiger partial charge in [0.2, 0.25) is 11.8 Å². The molecule has 2 aromatic carbocycles. The normalized spacial score (nSPS) is 19.6. The highest BCUT2D eigenvalue weighted by Gasteiger charge is 2.41. The molecular formula is C22H26N2O3. The predicted molar refractivity (Wildman–Crippen MR) is 104 cm³/mol. The number of hydrogen-bond donors (Lipinski definition) is 1. The summed E-state index contributed by atoms with van der Waals surface area (Å²) in [6.45, 7) is 2.99. The molecule has 5 nitrogen and oxygen atoms in total. The first kappa shape index (κ1) is 19.0. The summed E-state index contributed by atoms with van der Waals surface area (Å²) in [5.74, 6) is 0.459. The summed E-state index contributed by atoms with van der Waals surface area (Å²) in [6.07, 6.45) is 0.932. The molecule has 1 N–H and O–H groups in total. The number of carbonyl (C=O) groups excluding carboxylic acids is 2. The number of benzene rings is 2. The van der Waals surface area contributed by atoms with Gasteiger partial charge in [-0.2, -0.15) is 0 Å². The molecule has 0 spiro atoms. The van der Waals surface area contributed by atoms with E-state index >= 15 is 0 Å². The highest BCUT2D eigenvalue weighted by atomic mass is 16.5. The van der Waals surface area contributed by atoms with Crippen molar-refractivity contribution in [3.05, 3.63) is 65.7 Å². The average Bonchev–Trinajstić information content (AvgIpc) is 2.72. The summed E-state index contributed by atoms with van der Waals surface area (Å²) < 4.78 is 5.51. The van der Waals surface area contributed by atoms with Gasteiger partial charge in [0.15, 0.2) is 0 Å². The second-order valence-corrected chi connectivity index (χ2v) is 6.72. The zero-order chi connectivity index (χ0) is 19.2. The summed E-state index contributed by atoms with van der Waals surface area (Å²) in [4.78, 5) is 27.3. The fourth-order valence-corrected chi connectivity index (χ4v) is 3.81. The van der Waals surface area contributed by atoms with Crippen LogP contribution in [0.2, 0.25) is 0 Å². The molecule has 0 aliphatic carbocycles. The first-order valence-electron chi connectivity index (χ1n) is 9.39. The van der Waals surface area contributed by atoms with Crippen molar-refractivity contribution in [2.75, 3.05) is 13.7 Å². The molecule has 2 atom stereocenters. The fourth-order valence-electron chi connectivity index (χ4n) is 3.81. The molecule has 0 radical (unpaired) electrons. The third-order valence-corrected chi connectivity index (χ3v) is 5.15. The molecule has 142 valence electrons. The van der Waals surface area contributed by atoms with E-state index in [0.29, 0.717) is 31.7 Å². The lowest BCUT2D eigenvalue weighted by atomic mass is 9.83. The molecule has 0 unspecified atom stereocenters. The van der Waals surface area contributed by atoms with E-state index in [1.54, 1.807) is 12.0 Å². The predicted octanol–water partition coefficient (Wildman–Crippen LogP) is 3.31. The van der Waals surface area contributed by atoms with E-state index in [1.807, 2.05) is 61.5 Å². The van der Waals surface area contributed by atoms with Crippen LogP contribution in [0.5, 0.6) is 5.75 Å². The van der Waals surface area contributed by atoms with Crippen LogP contribution < -0.4 is 10.1 Å². The first-order chi connectivity index (χ1) is 13.2. The lowest BCUT2D eigenvalue weighted by molar-refractivity contribution is -0.143. The standard InChI is InChI=1S/C22H26N2O3/c1-3-24-20(25)14-13-18(21(24)17-11-7-8-12-19(17)27-2)22(26)23-15-16-9-5-4-6-10-16/h4-12,18,21H,3,13-15H2,1-2H3,(H,23,26)/t18-,21+/m1/s1. The van der Waals surface area contributed by atoms with Crippen LogP contribution in [0.15, 0.2) is 54.6 Å². The van der Waals surface area contributed by atoms with Gasteiger partial charge in [-0.15, -0.1) is 0 Å². The van der Waals surface area contributed by atoms with Crippen LogP contribution >= 0.6 is 0 Å². The maximum Gasteiger partial charge on any atom is 0.225 e. The van der Waals surface area contributed by atoms with Crippen molar-refractivity contribution in [2.45, 2.75) is 32.4 Å². The van der Waals surface area contributed by atoms with Crippen molar-refractivity contribution in [1.82, 2.24) is 10.2 Å². The third-order valence-electron chi connectivity index (χ3n) is 5.15. The largest absolute Gasteiger partial charge is 0.496 e. The lowest BCUT2D eigenvalue weighted by Gasteiger charge is -2.40. The minimum Gasteiger partial charge on any atom is -0.496 e. The average molecular weight is 366 g/mol. The van der Waals surface area contributed by atoms with Crippen LogP contribution in [0.25, 0.3) is 0 Å². The molecular weight excluding hydrogens is 340 g/mol. The lowest BCUT2D eigenvalue weighted by Crippen LogP contribution is -2.48. The van der Waals surface area contributed by atoms with Crippen molar-refractivity contribution in [3.8, 4) is 5.75 Å². The molecule has 1 aliphatic rings. The Hall–Kier alpha value is -2.82. The highest BCUT2D eigenvalue weighted by molar-refractivity contribution is 5.85. The Kier molecular flexibility index (Phi) is 6.12. The van der Waals surface area contributed by atoms with E-state index in [1.165, 1.54) is 0 Å². The summed E-state index contributed by atoms with van der Waals surface area (Å²) in [6, 6.07) is 17.2. The molecule has 1 saturated heterocycles. The van der Waals surface area contributed by atoms with E-state index in [2.05, 4.69) is 5.32 Å². The Bertz CT molecular complexity index is 791. The monoisotopic (exact) mass is 366 g/mol. The quantitative estimate of drug-likeness (QED) is 0.853. The zero-order valence-corrected chi connectivity index (χ0v) is 15.9. The van der Waals surface area contributed by atoms with Gasteiger partial charge >= 0.3 is 0 Å². The number of methoxy groups -OCH3 is 1. The van der Waals surface area contributed by atoms with Gasteiger partial charge in [0.1, 0.15) is 5.75 Å². The Morgan fingerprint density at radius 3 is 2.56 bits per heavy atom. The van der Waals surface area contributed by atoms with Crippen LogP contribution in [-0.4, -0.2) is 30.4 Å². The summed E-state index contributed by atoms with van der Waals surface area (Å²) in [5.41, 5.74) is 1.94. The molecule has 2 aromatic rings. The Morgan fingerprint density at radius 2 is 1.85 bits per heavy atom. The van der Waals surface area contributed by atoms with Crippen molar-refractivity contribution >= 4 is 11.8 Å². The maximum atomic E-state index is 13.0. The molecule has 27 heavy (non-hydrogen) atoms. The molecule has 0 bridgehead atoms. The Morgan fingerprint density at radius 1 is 1.15 bits per heavy atom. The van der Waals surface area contributed by atoms with Crippen molar-refractivity contribution in [3.63, 3.8) is 0 Å². The Labute approximate surface area is 160 Å². The van der Waals surface area contributed by atoms with Gasteiger partial charge in [-0.3, -0.25) is 9.59 Å². The first-order valence-corrected chi connectivity index (χ1v) is 9.39. The molecule has 0 saturated carbocycles. The number of nitrogens with one attached hydrogen (secondary N) is 1. The summed E-state index contributed by atoms with van der Waals surface area (Å²) >= 11 is 0. The van der Waals surface area contributed by atoms with E-state index in [-0.39, 0.29) is 23.8 Å². The van der Waals surface area contributed by atoms with Crippen molar-refractivity contribution in [2.24, 2.45) is 5.92 Å². The van der Waals surface area contributed by atoms with E-state index in [9.17, 15) is 9.59 Å². The van der Waals surface area contributed by atoms with Gasteiger partial charge in [-0.05, 0) is 25.0 Å².